The molecule has 0 saturated heterocycles. The highest BCUT2D eigenvalue weighted by Gasteiger charge is 2.31. The molecule has 0 amide bonds. The fraction of sp³-hybridized carbons (Fsp3) is 0.909. The van der Waals surface area contributed by atoms with Crippen molar-refractivity contribution in [2.24, 2.45) is 11.3 Å². The zero-order chi connectivity index (χ0) is 10.8. The molecule has 3 heteroatoms. The highest BCUT2D eigenvalue weighted by molar-refractivity contribution is 5.71. The first-order chi connectivity index (χ1) is 6.41. The third-order valence-electron chi connectivity index (χ3n) is 3.06. The van der Waals surface area contributed by atoms with Crippen LogP contribution in [0.3, 0.4) is 0 Å². The van der Waals surface area contributed by atoms with Crippen molar-refractivity contribution >= 4 is 5.97 Å². The molecule has 14 heavy (non-hydrogen) atoms. The summed E-state index contributed by atoms with van der Waals surface area (Å²) in [5, 5.41) is 12.4. The molecule has 1 saturated carbocycles. The van der Waals surface area contributed by atoms with Gasteiger partial charge in [-0.3, -0.25) is 4.79 Å². The zero-order valence-corrected chi connectivity index (χ0v) is 9.34. The number of nitrogens with one attached hydrogen (secondary N) is 1. The molecule has 0 aromatic heterocycles. The summed E-state index contributed by atoms with van der Waals surface area (Å²) in [7, 11) is 0. The molecule has 1 fully saturated rings. The normalized spacial score (nSPS) is 20.2. The molecular formula is C11H21NO2. The van der Waals surface area contributed by atoms with Crippen molar-refractivity contribution < 1.29 is 9.90 Å². The van der Waals surface area contributed by atoms with E-state index < -0.39 is 5.97 Å². The van der Waals surface area contributed by atoms with E-state index in [0.717, 1.165) is 0 Å². The van der Waals surface area contributed by atoms with Gasteiger partial charge in [-0.05, 0) is 18.3 Å². The van der Waals surface area contributed by atoms with Gasteiger partial charge in [-0.15, -0.1) is 0 Å². The van der Waals surface area contributed by atoms with E-state index >= 15 is 0 Å². The molecule has 1 atom stereocenters. The lowest BCUT2D eigenvalue weighted by Gasteiger charge is -2.32. The van der Waals surface area contributed by atoms with Gasteiger partial charge in [0.25, 0.3) is 0 Å². The van der Waals surface area contributed by atoms with Crippen molar-refractivity contribution in [3.63, 3.8) is 0 Å². The second-order valence-corrected chi connectivity index (χ2v) is 5.29. The van der Waals surface area contributed by atoms with Gasteiger partial charge in [-0.1, -0.05) is 27.2 Å². The Morgan fingerprint density at radius 1 is 1.50 bits per heavy atom. The molecule has 1 unspecified atom stereocenters. The van der Waals surface area contributed by atoms with Crippen LogP contribution in [0.25, 0.3) is 0 Å². The average molecular weight is 199 g/mol. The second-order valence-electron chi connectivity index (χ2n) is 5.29. The van der Waals surface area contributed by atoms with E-state index in [9.17, 15) is 4.79 Å². The second kappa shape index (κ2) is 4.30. The van der Waals surface area contributed by atoms with Crippen molar-refractivity contribution in [1.82, 2.24) is 5.32 Å². The first-order valence-electron chi connectivity index (χ1n) is 5.37. The Labute approximate surface area is 85.9 Å². The fourth-order valence-electron chi connectivity index (χ4n) is 1.66. The molecule has 0 heterocycles. The lowest BCUT2D eigenvalue weighted by molar-refractivity contribution is -0.145. The quantitative estimate of drug-likeness (QED) is 0.726. The molecule has 0 aliphatic heterocycles. The average Bonchev–Trinajstić information content (AvgIpc) is 1.90. The number of hydrogen-bond acceptors (Lipinski definition) is 2. The van der Waals surface area contributed by atoms with Crippen molar-refractivity contribution in [1.29, 1.82) is 0 Å². The van der Waals surface area contributed by atoms with Crippen molar-refractivity contribution in [2.75, 3.05) is 6.54 Å². The minimum absolute atomic E-state index is 0.164. The molecule has 0 bridgehead atoms. The first kappa shape index (κ1) is 11.5. The van der Waals surface area contributed by atoms with Crippen LogP contribution in [0.5, 0.6) is 0 Å². The molecule has 0 spiro atoms. The van der Waals surface area contributed by atoms with Crippen LogP contribution in [0, 0.1) is 11.3 Å². The van der Waals surface area contributed by atoms with E-state index in [1.54, 1.807) is 0 Å². The minimum atomic E-state index is -0.690. The Balaban J connectivity index is 2.39. The summed E-state index contributed by atoms with van der Waals surface area (Å²) in [5.74, 6) is -0.979. The maximum Gasteiger partial charge on any atom is 0.308 e. The molecule has 2 N–H and O–H groups in total. The van der Waals surface area contributed by atoms with Gasteiger partial charge in [0.15, 0.2) is 0 Å². The van der Waals surface area contributed by atoms with Crippen molar-refractivity contribution in [2.45, 2.75) is 46.1 Å². The van der Waals surface area contributed by atoms with Crippen LogP contribution in [0.15, 0.2) is 0 Å². The third-order valence-corrected chi connectivity index (χ3v) is 3.06. The molecule has 0 radical (unpaired) electrons. The number of rotatable bonds is 4. The molecule has 1 aliphatic carbocycles. The number of aliphatic carboxylic acids is 1. The Hall–Kier alpha value is -0.570. The Bertz CT molecular complexity index is 204. The summed E-state index contributed by atoms with van der Waals surface area (Å²) in [4.78, 5) is 11.0. The van der Waals surface area contributed by atoms with Gasteiger partial charge in [0.05, 0.1) is 5.92 Å². The third kappa shape index (κ3) is 2.98. The van der Waals surface area contributed by atoms with Crippen LogP contribution >= 0.6 is 0 Å². The van der Waals surface area contributed by atoms with Crippen LogP contribution < -0.4 is 5.32 Å². The van der Waals surface area contributed by atoms with Crippen LogP contribution in [0.1, 0.15) is 40.0 Å². The molecule has 0 aromatic carbocycles. The summed E-state index contributed by atoms with van der Waals surface area (Å²) in [6, 6.07) is 0.569. The molecular weight excluding hydrogens is 178 g/mol. The van der Waals surface area contributed by atoms with E-state index in [1.807, 2.05) is 20.8 Å². The van der Waals surface area contributed by atoms with Gasteiger partial charge in [-0.2, -0.15) is 0 Å². The maximum atomic E-state index is 11.0. The van der Waals surface area contributed by atoms with Gasteiger partial charge in [0, 0.05) is 12.6 Å². The smallest absolute Gasteiger partial charge is 0.308 e. The zero-order valence-electron chi connectivity index (χ0n) is 9.34. The number of hydrogen-bond donors (Lipinski definition) is 2. The highest BCUT2D eigenvalue weighted by atomic mass is 16.4. The standard InChI is InChI=1S/C11H21NO2/c1-11(2,3)9(10(13)14)7-12-8-5-4-6-8/h8-9,12H,4-7H2,1-3H3,(H,13,14). The number of carbonyl (C=O) groups is 1. The van der Waals surface area contributed by atoms with E-state index in [1.165, 1.54) is 19.3 Å². The monoisotopic (exact) mass is 199 g/mol. The first-order valence-corrected chi connectivity index (χ1v) is 5.37. The van der Waals surface area contributed by atoms with Crippen LogP contribution in [-0.4, -0.2) is 23.7 Å². The maximum absolute atomic E-state index is 11.0. The van der Waals surface area contributed by atoms with E-state index in [4.69, 9.17) is 5.11 Å². The van der Waals surface area contributed by atoms with E-state index in [2.05, 4.69) is 5.32 Å². The summed E-state index contributed by atoms with van der Waals surface area (Å²) in [6.45, 7) is 6.54. The summed E-state index contributed by atoms with van der Waals surface area (Å²) in [5.41, 5.74) is -0.164. The van der Waals surface area contributed by atoms with E-state index in [-0.39, 0.29) is 11.3 Å². The fourth-order valence-corrected chi connectivity index (χ4v) is 1.66. The molecule has 0 aromatic rings. The van der Waals surface area contributed by atoms with Gasteiger partial charge < -0.3 is 10.4 Å². The van der Waals surface area contributed by atoms with Gasteiger partial charge >= 0.3 is 5.97 Å². The molecule has 1 rings (SSSR count). The topological polar surface area (TPSA) is 49.3 Å². The van der Waals surface area contributed by atoms with Gasteiger partial charge in [-0.25, -0.2) is 0 Å². The molecule has 3 nitrogen and oxygen atoms in total. The lowest BCUT2D eigenvalue weighted by atomic mass is 9.80. The van der Waals surface area contributed by atoms with Crippen LogP contribution in [0.4, 0.5) is 0 Å². The van der Waals surface area contributed by atoms with Crippen LogP contribution in [-0.2, 0) is 4.79 Å². The van der Waals surface area contributed by atoms with E-state index in [0.29, 0.717) is 12.6 Å². The lowest BCUT2D eigenvalue weighted by Crippen LogP contribution is -2.43. The Morgan fingerprint density at radius 3 is 2.36 bits per heavy atom. The summed E-state index contributed by atoms with van der Waals surface area (Å²) >= 11 is 0. The Kier molecular flexibility index (Phi) is 3.53. The molecule has 1 aliphatic rings. The SMILES string of the molecule is CC(C)(C)C(CNC1CCC1)C(=O)O. The van der Waals surface area contributed by atoms with Crippen molar-refractivity contribution in [3.8, 4) is 0 Å². The predicted molar refractivity (Wildman–Crippen MR) is 56.2 cm³/mol. The van der Waals surface area contributed by atoms with Gasteiger partial charge in [0.2, 0.25) is 0 Å². The van der Waals surface area contributed by atoms with Gasteiger partial charge in [0.1, 0.15) is 0 Å². The highest BCUT2D eigenvalue weighted by Crippen LogP contribution is 2.26. The minimum Gasteiger partial charge on any atom is -0.481 e. The molecule has 82 valence electrons. The van der Waals surface area contributed by atoms with Crippen LogP contribution in [0.2, 0.25) is 0 Å². The number of carboxylic acids is 1. The largest absolute Gasteiger partial charge is 0.481 e. The van der Waals surface area contributed by atoms with Crippen molar-refractivity contribution in [3.05, 3.63) is 0 Å². The predicted octanol–water partition coefficient (Wildman–Crippen LogP) is 1.88. The number of carboxylic acid groups (broad SMARTS) is 1. The summed E-state index contributed by atoms with van der Waals surface area (Å²) < 4.78 is 0. The summed E-state index contributed by atoms with van der Waals surface area (Å²) in [6.07, 6.45) is 3.69. The Morgan fingerprint density at radius 2 is 2.07 bits per heavy atom.